The lowest BCUT2D eigenvalue weighted by Crippen LogP contribution is -2.51. The number of amides is 2. The first kappa shape index (κ1) is 19.7. The zero-order chi connectivity index (χ0) is 20.4. The minimum atomic E-state index is -0.488. The van der Waals surface area contributed by atoms with Gasteiger partial charge in [0.2, 0.25) is 5.91 Å². The molecule has 1 aliphatic rings. The highest BCUT2D eigenvalue weighted by Crippen LogP contribution is 2.24. The van der Waals surface area contributed by atoms with E-state index in [0.717, 1.165) is 11.6 Å². The monoisotopic (exact) mass is 433 g/mol. The minimum absolute atomic E-state index is 0.0378. The molecular formula is C20H17ClFN3O3S. The summed E-state index contributed by atoms with van der Waals surface area (Å²) < 4.78 is 18.8. The number of carbonyl (C=O) groups is 2. The number of benzene rings is 2. The Kier molecular flexibility index (Phi) is 5.73. The number of fused-ring (bicyclic) bond motifs is 1. The van der Waals surface area contributed by atoms with E-state index < -0.39 is 5.82 Å². The Labute approximate surface area is 175 Å². The van der Waals surface area contributed by atoms with Crippen molar-refractivity contribution in [1.29, 1.82) is 0 Å². The van der Waals surface area contributed by atoms with Crippen molar-refractivity contribution in [3.8, 4) is 0 Å². The van der Waals surface area contributed by atoms with E-state index in [4.69, 9.17) is 16.0 Å². The fourth-order valence-corrected chi connectivity index (χ4v) is 4.11. The van der Waals surface area contributed by atoms with Crippen LogP contribution >= 0.6 is 23.4 Å². The maximum Gasteiger partial charge on any atom is 0.257 e. The average molecular weight is 434 g/mol. The molecule has 6 nitrogen and oxygen atoms in total. The van der Waals surface area contributed by atoms with Crippen LogP contribution in [-0.4, -0.2) is 58.5 Å². The molecule has 1 fully saturated rings. The SMILES string of the molecule is O=C(CSc1nc2ccccc2o1)N1CCN(C(=O)c2ccc(F)cc2Cl)CC1. The van der Waals surface area contributed by atoms with Crippen LogP contribution in [0, 0.1) is 5.82 Å². The van der Waals surface area contributed by atoms with Gasteiger partial charge in [0.25, 0.3) is 11.1 Å². The molecule has 0 radical (unpaired) electrons. The molecule has 29 heavy (non-hydrogen) atoms. The Bertz CT molecular complexity index is 1030. The second-order valence-electron chi connectivity index (χ2n) is 6.53. The maximum atomic E-state index is 13.2. The second-order valence-corrected chi connectivity index (χ2v) is 7.87. The van der Waals surface area contributed by atoms with E-state index in [1.54, 1.807) is 9.80 Å². The summed E-state index contributed by atoms with van der Waals surface area (Å²) in [4.78, 5) is 32.8. The van der Waals surface area contributed by atoms with Crippen LogP contribution in [0.2, 0.25) is 5.02 Å². The van der Waals surface area contributed by atoms with Gasteiger partial charge in [0.15, 0.2) is 5.58 Å². The molecule has 150 valence electrons. The van der Waals surface area contributed by atoms with Crippen LogP contribution < -0.4 is 0 Å². The Morgan fingerprint density at radius 3 is 2.55 bits per heavy atom. The fourth-order valence-electron chi connectivity index (χ4n) is 3.12. The summed E-state index contributed by atoms with van der Waals surface area (Å²) in [5.74, 6) is -0.574. The summed E-state index contributed by atoms with van der Waals surface area (Å²) in [5.41, 5.74) is 1.71. The van der Waals surface area contributed by atoms with E-state index in [9.17, 15) is 14.0 Å². The molecule has 0 spiro atoms. The van der Waals surface area contributed by atoms with Gasteiger partial charge in [0.1, 0.15) is 11.3 Å². The van der Waals surface area contributed by atoms with Gasteiger partial charge in [-0.2, -0.15) is 0 Å². The molecule has 1 aromatic heterocycles. The van der Waals surface area contributed by atoms with Crippen LogP contribution in [0.15, 0.2) is 52.1 Å². The topological polar surface area (TPSA) is 66.7 Å². The van der Waals surface area contributed by atoms with Crippen molar-refractivity contribution in [2.45, 2.75) is 5.22 Å². The molecule has 9 heteroatoms. The van der Waals surface area contributed by atoms with E-state index in [1.807, 2.05) is 24.3 Å². The largest absolute Gasteiger partial charge is 0.431 e. The molecule has 3 aromatic rings. The van der Waals surface area contributed by atoms with Gasteiger partial charge in [-0.1, -0.05) is 35.5 Å². The van der Waals surface area contributed by atoms with Crippen molar-refractivity contribution in [3.63, 3.8) is 0 Å². The molecular weight excluding hydrogens is 417 g/mol. The molecule has 2 amide bonds. The molecule has 0 bridgehead atoms. The van der Waals surface area contributed by atoms with Crippen molar-refractivity contribution in [3.05, 3.63) is 58.9 Å². The second kappa shape index (κ2) is 8.42. The first-order valence-electron chi connectivity index (χ1n) is 9.02. The molecule has 2 heterocycles. The van der Waals surface area contributed by atoms with Crippen molar-refractivity contribution >= 4 is 46.3 Å². The normalized spacial score (nSPS) is 14.4. The van der Waals surface area contributed by atoms with Crippen LogP contribution in [0.25, 0.3) is 11.1 Å². The van der Waals surface area contributed by atoms with Gasteiger partial charge in [0.05, 0.1) is 16.3 Å². The third-order valence-electron chi connectivity index (χ3n) is 4.67. The predicted octanol–water partition coefficient (Wildman–Crippen LogP) is 3.70. The standard InChI is InChI=1S/C20H17ClFN3O3S/c21-15-11-13(22)5-6-14(15)19(27)25-9-7-24(8-10-25)18(26)12-29-20-23-16-3-1-2-4-17(16)28-20/h1-6,11H,7-10,12H2. The van der Waals surface area contributed by atoms with E-state index >= 15 is 0 Å². The van der Waals surface area contributed by atoms with Crippen molar-refractivity contribution in [2.24, 2.45) is 0 Å². The van der Waals surface area contributed by atoms with Crippen LogP contribution in [0.1, 0.15) is 10.4 Å². The Balaban J connectivity index is 1.30. The van der Waals surface area contributed by atoms with Crippen LogP contribution in [0.5, 0.6) is 0 Å². The lowest BCUT2D eigenvalue weighted by atomic mass is 10.1. The van der Waals surface area contributed by atoms with Gasteiger partial charge in [0, 0.05) is 26.2 Å². The fraction of sp³-hybridized carbons (Fsp3) is 0.250. The number of rotatable bonds is 4. The Morgan fingerprint density at radius 2 is 1.83 bits per heavy atom. The molecule has 1 aliphatic heterocycles. The molecule has 0 unspecified atom stereocenters. The number of para-hydroxylation sites is 2. The van der Waals surface area contributed by atoms with Gasteiger partial charge >= 0.3 is 0 Å². The zero-order valence-corrected chi connectivity index (χ0v) is 16.9. The van der Waals surface area contributed by atoms with E-state index in [-0.39, 0.29) is 28.2 Å². The summed E-state index contributed by atoms with van der Waals surface area (Å²) in [6.45, 7) is 1.65. The number of oxazole rings is 1. The molecule has 0 aliphatic carbocycles. The van der Waals surface area contributed by atoms with E-state index in [0.29, 0.717) is 37.0 Å². The number of hydrogen-bond donors (Lipinski definition) is 0. The quantitative estimate of drug-likeness (QED) is 0.587. The van der Waals surface area contributed by atoms with Crippen molar-refractivity contribution < 1.29 is 18.4 Å². The van der Waals surface area contributed by atoms with Gasteiger partial charge in [-0.25, -0.2) is 9.37 Å². The number of aromatic nitrogens is 1. The van der Waals surface area contributed by atoms with Gasteiger partial charge in [-0.05, 0) is 30.3 Å². The summed E-state index contributed by atoms with van der Waals surface area (Å²) in [7, 11) is 0. The lowest BCUT2D eigenvalue weighted by molar-refractivity contribution is -0.129. The van der Waals surface area contributed by atoms with Gasteiger partial charge < -0.3 is 14.2 Å². The van der Waals surface area contributed by atoms with Crippen LogP contribution in [-0.2, 0) is 4.79 Å². The van der Waals surface area contributed by atoms with Gasteiger partial charge in [-0.3, -0.25) is 9.59 Å². The number of halogens is 2. The highest BCUT2D eigenvalue weighted by Gasteiger charge is 2.26. The van der Waals surface area contributed by atoms with Crippen molar-refractivity contribution in [2.75, 3.05) is 31.9 Å². The average Bonchev–Trinajstić information content (AvgIpc) is 3.15. The molecule has 4 rings (SSSR count). The molecule has 0 saturated carbocycles. The zero-order valence-electron chi connectivity index (χ0n) is 15.3. The number of piperazine rings is 1. The summed E-state index contributed by atoms with van der Waals surface area (Å²) >= 11 is 7.23. The Hall–Kier alpha value is -2.58. The van der Waals surface area contributed by atoms with Crippen molar-refractivity contribution in [1.82, 2.24) is 14.8 Å². The Morgan fingerprint density at radius 1 is 1.10 bits per heavy atom. The van der Waals surface area contributed by atoms with Crippen LogP contribution in [0.3, 0.4) is 0 Å². The molecule has 0 N–H and O–H groups in total. The number of carbonyl (C=O) groups excluding carboxylic acids is 2. The minimum Gasteiger partial charge on any atom is -0.431 e. The molecule has 1 saturated heterocycles. The van der Waals surface area contributed by atoms with Crippen LogP contribution in [0.4, 0.5) is 4.39 Å². The number of hydrogen-bond acceptors (Lipinski definition) is 5. The highest BCUT2D eigenvalue weighted by molar-refractivity contribution is 7.99. The number of thioether (sulfide) groups is 1. The maximum absolute atomic E-state index is 13.2. The molecule has 2 aromatic carbocycles. The first-order valence-corrected chi connectivity index (χ1v) is 10.4. The third-order valence-corrected chi connectivity index (χ3v) is 5.80. The summed E-state index contributed by atoms with van der Waals surface area (Å²) in [6, 6.07) is 11.2. The summed E-state index contributed by atoms with van der Waals surface area (Å²) in [5, 5.41) is 0.544. The summed E-state index contributed by atoms with van der Waals surface area (Å²) in [6.07, 6.45) is 0. The molecule has 0 atom stereocenters. The third kappa shape index (κ3) is 4.38. The smallest absolute Gasteiger partial charge is 0.257 e. The first-order chi connectivity index (χ1) is 14.0. The number of nitrogens with zero attached hydrogens (tertiary/aromatic N) is 3. The predicted molar refractivity (Wildman–Crippen MR) is 109 cm³/mol. The lowest BCUT2D eigenvalue weighted by Gasteiger charge is -2.34. The van der Waals surface area contributed by atoms with Gasteiger partial charge in [-0.15, -0.1) is 0 Å². The van der Waals surface area contributed by atoms with E-state index in [2.05, 4.69) is 4.98 Å². The highest BCUT2D eigenvalue weighted by atomic mass is 35.5. The van der Waals surface area contributed by atoms with E-state index in [1.165, 1.54) is 23.9 Å².